The summed E-state index contributed by atoms with van der Waals surface area (Å²) < 4.78 is 38.5. The summed E-state index contributed by atoms with van der Waals surface area (Å²) in [5.74, 6) is -0.138. The van der Waals surface area contributed by atoms with E-state index in [4.69, 9.17) is 0 Å². The van der Waals surface area contributed by atoms with E-state index in [1.165, 1.54) is 12.1 Å². The van der Waals surface area contributed by atoms with Crippen molar-refractivity contribution in [2.45, 2.75) is 44.6 Å². The molecule has 0 unspecified atom stereocenters. The Balaban J connectivity index is 1.48. The second-order valence-electron chi connectivity index (χ2n) is 8.64. The van der Waals surface area contributed by atoms with Crippen molar-refractivity contribution in [3.05, 3.63) is 71.3 Å². The van der Waals surface area contributed by atoms with Crippen LogP contribution in [0.1, 0.15) is 36.0 Å². The average Bonchev–Trinajstić information content (AvgIpc) is 2.78. The van der Waals surface area contributed by atoms with E-state index in [-0.39, 0.29) is 24.3 Å². The highest BCUT2D eigenvalue weighted by atomic mass is 19.4. The molecular formula is C24H26F3N3O2. The summed E-state index contributed by atoms with van der Waals surface area (Å²) in [6.07, 6.45) is -3.01. The van der Waals surface area contributed by atoms with Gasteiger partial charge in [0.2, 0.25) is 11.8 Å². The molecule has 2 heterocycles. The molecule has 2 atom stereocenters. The van der Waals surface area contributed by atoms with Gasteiger partial charge in [0.25, 0.3) is 0 Å². The molecule has 0 spiro atoms. The summed E-state index contributed by atoms with van der Waals surface area (Å²) in [5.41, 5.74) is 0.321. The molecule has 170 valence electrons. The van der Waals surface area contributed by atoms with E-state index >= 15 is 0 Å². The molecule has 2 saturated heterocycles. The van der Waals surface area contributed by atoms with Gasteiger partial charge < -0.3 is 10.6 Å². The number of alkyl halides is 3. The molecule has 4 rings (SSSR count). The first-order chi connectivity index (χ1) is 15.3. The van der Waals surface area contributed by atoms with Gasteiger partial charge in [-0.15, -0.1) is 0 Å². The molecule has 2 N–H and O–H groups in total. The minimum atomic E-state index is -4.36. The van der Waals surface area contributed by atoms with Crippen LogP contribution in [-0.2, 0) is 28.9 Å². The predicted molar refractivity (Wildman–Crippen MR) is 113 cm³/mol. The van der Waals surface area contributed by atoms with Crippen LogP contribution < -0.4 is 10.6 Å². The van der Waals surface area contributed by atoms with Gasteiger partial charge in [0.15, 0.2) is 0 Å². The number of nitrogens with zero attached hydrogens (tertiary/aromatic N) is 1. The molecule has 2 aromatic rings. The van der Waals surface area contributed by atoms with Crippen LogP contribution in [0.15, 0.2) is 54.6 Å². The lowest BCUT2D eigenvalue weighted by atomic mass is 9.69. The van der Waals surface area contributed by atoms with Gasteiger partial charge >= 0.3 is 6.18 Å². The average molecular weight is 445 g/mol. The molecule has 0 aliphatic carbocycles. The van der Waals surface area contributed by atoms with Gasteiger partial charge in [-0.2, -0.15) is 13.2 Å². The smallest absolute Gasteiger partial charge is 0.352 e. The third-order valence-electron chi connectivity index (χ3n) is 6.48. The number of amides is 2. The highest BCUT2D eigenvalue weighted by molar-refractivity contribution is 5.88. The van der Waals surface area contributed by atoms with Gasteiger partial charge in [0.05, 0.1) is 11.0 Å². The SMILES string of the molecule is O=C1CC[C@]2(C(=O)NCc3ccccc3)CN(Cc3ccc(C(F)(F)F)cc3)CC[C@H]2N1. The van der Waals surface area contributed by atoms with Crippen LogP contribution in [0, 0.1) is 5.41 Å². The van der Waals surface area contributed by atoms with Crippen LogP contribution in [0.2, 0.25) is 0 Å². The Labute approximate surface area is 185 Å². The van der Waals surface area contributed by atoms with Crippen molar-refractivity contribution in [2.75, 3.05) is 13.1 Å². The molecule has 2 aliphatic heterocycles. The zero-order valence-corrected chi connectivity index (χ0v) is 17.6. The summed E-state index contributed by atoms with van der Waals surface area (Å²) in [6.45, 7) is 1.95. The van der Waals surface area contributed by atoms with Gasteiger partial charge in [-0.05, 0) is 36.1 Å². The maximum Gasteiger partial charge on any atom is 0.416 e. The van der Waals surface area contributed by atoms with E-state index < -0.39 is 17.2 Å². The first-order valence-corrected chi connectivity index (χ1v) is 10.8. The summed E-state index contributed by atoms with van der Waals surface area (Å²) >= 11 is 0. The number of carbonyl (C=O) groups is 2. The fourth-order valence-corrected chi connectivity index (χ4v) is 4.73. The largest absolute Gasteiger partial charge is 0.416 e. The van der Waals surface area contributed by atoms with Crippen LogP contribution >= 0.6 is 0 Å². The number of hydrogen-bond acceptors (Lipinski definition) is 3. The normalized spacial score (nSPS) is 23.8. The minimum absolute atomic E-state index is 0.0438. The van der Waals surface area contributed by atoms with Crippen LogP contribution in [0.5, 0.6) is 0 Å². The Morgan fingerprint density at radius 1 is 1.09 bits per heavy atom. The molecular weight excluding hydrogens is 419 g/mol. The van der Waals surface area contributed by atoms with Gasteiger partial charge in [-0.25, -0.2) is 0 Å². The monoisotopic (exact) mass is 445 g/mol. The Bertz CT molecular complexity index is 963. The molecule has 0 saturated carbocycles. The Kier molecular flexibility index (Phi) is 6.24. The van der Waals surface area contributed by atoms with E-state index in [0.717, 1.165) is 23.3 Å². The van der Waals surface area contributed by atoms with E-state index in [1.54, 1.807) is 0 Å². The lowest BCUT2D eigenvalue weighted by molar-refractivity contribution is -0.144. The second-order valence-corrected chi connectivity index (χ2v) is 8.64. The first-order valence-electron chi connectivity index (χ1n) is 10.8. The van der Waals surface area contributed by atoms with Gasteiger partial charge in [0, 0.05) is 38.6 Å². The van der Waals surface area contributed by atoms with E-state index in [1.807, 2.05) is 30.3 Å². The van der Waals surface area contributed by atoms with E-state index in [2.05, 4.69) is 15.5 Å². The molecule has 0 radical (unpaired) electrons. The van der Waals surface area contributed by atoms with Gasteiger partial charge in [0.1, 0.15) is 0 Å². The third kappa shape index (κ3) is 4.80. The molecule has 2 fully saturated rings. The predicted octanol–water partition coefficient (Wildman–Crippen LogP) is 3.49. The van der Waals surface area contributed by atoms with E-state index in [0.29, 0.717) is 39.0 Å². The van der Waals surface area contributed by atoms with Crippen molar-refractivity contribution in [2.24, 2.45) is 5.41 Å². The quantitative estimate of drug-likeness (QED) is 0.741. The highest BCUT2D eigenvalue weighted by Crippen LogP contribution is 2.39. The molecule has 2 amide bonds. The molecule has 5 nitrogen and oxygen atoms in total. The van der Waals surface area contributed by atoms with Crippen molar-refractivity contribution in [1.29, 1.82) is 0 Å². The lowest BCUT2D eigenvalue weighted by Gasteiger charge is -2.49. The van der Waals surface area contributed by atoms with Crippen molar-refractivity contribution >= 4 is 11.8 Å². The highest BCUT2D eigenvalue weighted by Gasteiger charge is 2.51. The molecule has 2 aromatic carbocycles. The maximum atomic E-state index is 13.4. The van der Waals surface area contributed by atoms with Crippen molar-refractivity contribution in [1.82, 2.24) is 15.5 Å². The summed E-state index contributed by atoms with van der Waals surface area (Å²) in [5, 5.41) is 6.04. The number of benzene rings is 2. The molecule has 2 aliphatic rings. The third-order valence-corrected chi connectivity index (χ3v) is 6.48. The molecule has 8 heteroatoms. The second kappa shape index (κ2) is 8.94. The fraction of sp³-hybridized carbons (Fsp3) is 0.417. The number of nitrogens with one attached hydrogen (secondary N) is 2. The number of carbonyl (C=O) groups excluding carboxylic acids is 2. The van der Waals surface area contributed by atoms with Crippen LogP contribution in [0.4, 0.5) is 13.2 Å². The minimum Gasteiger partial charge on any atom is -0.352 e. The standard InChI is InChI=1S/C24H26F3N3O2/c25-24(26,27)19-8-6-18(7-9-19)15-30-13-11-20-23(16-30,12-10-21(31)29-20)22(32)28-14-17-4-2-1-3-5-17/h1-9,20H,10-16H2,(H,28,32)(H,29,31)/t20-,23+/m1/s1. The topological polar surface area (TPSA) is 61.4 Å². The number of fused-ring (bicyclic) bond motifs is 1. The van der Waals surface area contributed by atoms with E-state index in [9.17, 15) is 22.8 Å². The van der Waals surface area contributed by atoms with Crippen molar-refractivity contribution in [3.63, 3.8) is 0 Å². The Hall–Kier alpha value is -2.87. The Morgan fingerprint density at radius 2 is 1.81 bits per heavy atom. The Morgan fingerprint density at radius 3 is 2.50 bits per heavy atom. The van der Waals surface area contributed by atoms with Crippen molar-refractivity contribution < 1.29 is 22.8 Å². The summed E-state index contributed by atoms with van der Waals surface area (Å²) in [6, 6.07) is 14.5. The maximum absolute atomic E-state index is 13.4. The van der Waals surface area contributed by atoms with Crippen molar-refractivity contribution in [3.8, 4) is 0 Å². The van der Waals surface area contributed by atoms with Crippen LogP contribution in [-0.4, -0.2) is 35.8 Å². The molecule has 0 bridgehead atoms. The van der Waals surface area contributed by atoms with Gasteiger partial charge in [-0.1, -0.05) is 42.5 Å². The van der Waals surface area contributed by atoms with Crippen LogP contribution in [0.25, 0.3) is 0 Å². The first kappa shape index (κ1) is 22.3. The van der Waals surface area contributed by atoms with Gasteiger partial charge in [-0.3, -0.25) is 14.5 Å². The summed E-state index contributed by atoms with van der Waals surface area (Å²) in [7, 11) is 0. The fourth-order valence-electron chi connectivity index (χ4n) is 4.73. The molecule has 32 heavy (non-hydrogen) atoms. The zero-order chi connectivity index (χ0) is 22.8. The molecule has 0 aromatic heterocycles. The number of rotatable bonds is 5. The number of likely N-dealkylation sites (tertiary alicyclic amines) is 1. The lowest BCUT2D eigenvalue weighted by Crippen LogP contribution is -2.66. The number of piperidine rings is 2. The summed E-state index contributed by atoms with van der Waals surface area (Å²) in [4.78, 5) is 27.5. The number of halogens is 3. The number of hydrogen-bond donors (Lipinski definition) is 2. The van der Waals surface area contributed by atoms with Crippen LogP contribution in [0.3, 0.4) is 0 Å². The zero-order valence-electron chi connectivity index (χ0n) is 17.6.